The summed E-state index contributed by atoms with van der Waals surface area (Å²) in [4.78, 5) is 0. The van der Waals surface area contributed by atoms with Crippen LogP contribution in [0.1, 0.15) is 68.6 Å². The number of aliphatic hydroxyl groups is 1. The smallest absolute Gasteiger partial charge is 0.0684 e. The largest absolute Gasteiger partial charge is 0.392 e. The lowest BCUT2D eigenvalue weighted by atomic mass is 9.78. The molecule has 0 unspecified atom stereocenters. The Morgan fingerprint density at radius 1 is 1.14 bits per heavy atom. The monoisotopic (exact) mass is 302 g/mol. The molecule has 2 aliphatic rings. The van der Waals surface area contributed by atoms with Crippen molar-refractivity contribution < 1.29 is 9.84 Å². The lowest BCUT2D eigenvalue weighted by molar-refractivity contribution is -0.105. The van der Waals surface area contributed by atoms with Crippen LogP contribution in [0.5, 0.6) is 0 Å². The van der Waals surface area contributed by atoms with Crippen molar-refractivity contribution in [3.05, 3.63) is 34.9 Å². The van der Waals surface area contributed by atoms with Gasteiger partial charge in [0.1, 0.15) is 0 Å². The van der Waals surface area contributed by atoms with Gasteiger partial charge in [-0.15, -0.1) is 0 Å². The molecule has 0 bridgehead atoms. The van der Waals surface area contributed by atoms with Crippen molar-refractivity contribution in [2.75, 3.05) is 13.2 Å². The summed E-state index contributed by atoms with van der Waals surface area (Å²) in [6.45, 7) is 6.62. The molecule has 2 nitrogen and oxygen atoms in total. The minimum absolute atomic E-state index is 0.157. The Labute approximate surface area is 134 Å². The van der Waals surface area contributed by atoms with Crippen LogP contribution in [0.15, 0.2) is 18.2 Å². The Morgan fingerprint density at radius 2 is 1.86 bits per heavy atom. The molecule has 1 heterocycles. The van der Waals surface area contributed by atoms with Gasteiger partial charge in [0.2, 0.25) is 0 Å². The van der Waals surface area contributed by atoms with Gasteiger partial charge in [0.25, 0.3) is 0 Å². The zero-order valence-electron chi connectivity index (χ0n) is 14.1. The number of hydrogen-bond acceptors (Lipinski definition) is 2. The van der Waals surface area contributed by atoms with Crippen LogP contribution in [0.3, 0.4) is 0 Å². The average Bonchev–Trinajstić information content (AvgIpc) is 2.51. The summed E-state index contributed by atoms with van der Waals surface area (Å²) in [7, 11) is 0. The molecule has 1 N–H and O–H groups in total. The summed E-state index contributed by atoms with van der Waals surface area (Å²) in [6, 6.07) is 6.79. The van der Waals surface area contributed by atoms with Crippen LogP contribution in [-0.2, 0) is 17.8 Å². The Morgan fingerprint density at radius 3 is 2.45 bits per heavy atom. The van der Waals surface area contributed by atoms with Gasteiger partial charge < -0.3 is 9.84 Å². The van der Waals surface area contributed by atoms with Crippen LogP contribution in [0, 0.1) is 11.3 Å². The highest BCUT2D eigenvalue weighted by atomic mass is 16.5. The molecule has 1 aliphatic carbocycles. The Hall–Kier alpha value is -0.860. The van der Waals surface area contributed by atoms with E-state index < -0.39 is 0 Å². The van der Waals surface area contributed by atoms with Crippen LogP contribution >= 0.6 is 0 Å². The Kier molecular flexibility index (Phi) is 4.89. The van der Waals surface area contributed by atoms with E-state index in [0.717, 1.165) is 43.5 Å². The van der Waals surface area contributed by atoms with E-state index in [4.69, 9.17) is 4.74 Å². The minimum Gasteiger partial charge on any atom is -0.392 e. The van der Waals surface area contributed by atoms with Gasteiger partial charge in [-0.25, -0.2) is 0 Å². The molecular weight excluding hydrogens is 272 g/mol. The highest BCUT2D eigenvalue weighted by molar-refractivity contribution is 5.34. The van der Waals surface area contributed by atoms with Crippen molar-refractivity contribution in [1.29, 1.82) is 0 Å². The van der Waals surface area contributed by atoms with Crippen molar-refractivity contribution in [2.45, 2.75) is 64.9 Å². The van der Waals surface area contributed by atoms with Gasteiger partial charge in [0.15, 0.2) is 0 Å². The van der Waals surface area contributed by atoms with Gasteiger partial charge in [0, 0.05) is 5.41 Å². The van der Waals surface area contributed by atoms with E-state index in [2.05, 4.69) is 32.0 Å². The first-order valence-electron chi connectivity index (χ1n) is 8.90. The molecule has 1 aliphatic heterocycles. The van der Waals surface area contributed by atoms with Gasteiger partial charge in [-0.2, -0.15) is 0 Å². The van der Waals surface area contributed by atoms with Gasteiger partial charge >= 0.3 is 0 Å². The predicted molar refractivity (Wildman–Crippen MR) is 90.0 cm³/mol. The zero-order valence-corrected chi connectivity index (χ0v) is 14.1. The summed E-state index contributed by atoms with van der Waals surface area (Å²) in [5.41, 5.74) is 4.31. The first-order chi connectivity index (χ1) is 10.6. The quantitative estimate of drug-likeness (QED) is 0.871. The Bertz CT molecular complexity index is 496. The van der Waals surface area contributed by atoms with E-state index in [1.165, 1.54) is 36.8 Å². The highest BCUT2D eigenvalue weighted by Gasteiger charge is 2.32. The normalized spacial score (nSPS) is 27.4. The molecule has 22 heavy (non-hydrogen) atoms. The van der Waals surface area contributed by atoms with Crippen molar-refractivity contribution in [3.8, 4) is 0 Å². The van der Waals surface area contributed by atoms with E-state index in [9.17, 15) is 5.11 Å². The fourth-order valence-electron chi connectivity index (χ4n) is 3.91. The first-order valence-corrected chi connectivity index (χ1v) is 8.90. The molecule has 0 aromatic heterocycles. The van der Waals surface area contributed by atoms with Crippen molar-refractivity contribution in [1.82, 2.24) is 0 Å². The van der Waals surface area contributed by atoms with Crippen LogP contribution in [0.2, 0.25) is 0 Å². The van der Waals surface area contributed by atoms with Gasteiger partial charge in [-0.05, 0) is 54.2 Å². The lowest BCUT2D eigenvalue weighted by Crippen LogP contribution is -2.40. The van der Waals surface area contributed by atoms with E-state index in [1.54, 1.807) is 0 Å². The van der Waals surface area contributed by atoms with E-state index in [-0.39, 0.29) is 6.61 Å². The summed E-state index contributed by atoms with van der Waals surface area (Å²) in [6.07, 6.45) is 7.58. The zero-order chi connectivity index (χ0) is 15.6. The maximum Gasteiger partial charge on any atom is 0.0684 e. The minimum atomic E-state index is 0.157. The summed E-state index contributed by atoms with van der Waals surface area (Å²) in [5, 5.41) is 9.63. The number of aliphatic hydroxyl groups excluding tert-OH is 1. The molecule has 0 spiro atoms. The predicted octanol–water partition coefficient (Wildman–Crippen LogP) is 4.44. The second-order valence-electron chi connectivity index (χ2n) is 7.95. The van der Waals surface area contributed by atoms with E-state index in [0.29, 0.717) is 5.41 Å². The maximum absolute atomic E-state index is 9.63. The lowest BCUT2D eigenvalue weighted by Gasteiger charge is -2.38. The van der Waals surface area contributed by atoms with E-state index >= 15 is 0 Å². The van der Waals surface area contributed by atoms with Crippen LogP contribution in [0.25, 0.3) is 0 Å². The topological polar surface area (TPSA) is 29.5 Å². The SMILES string of the molecule is CC1CCC(c2ccc(CO)c(CCC3(C)COC3)c2)CC1. The second kappa shape index (κ2) is 6.72. The third kappa shape index (κ3) is 3.55. The third-order valence-electron chi connectivity index (χ3n) is 5.79. The highest BCUT2D eigenvalue weighted by Crippen LogP contribution is 2.37. The number of ether oxygens (including phenoxy) is 1. The van der Waals surface area contributed by atoms with Crippen LogP contribution < -0.4 is 0 Å². The van der Waals surface area contributed by atoms with Gasteiger partial charge in [-0.1, -0.05) is 44.9 Å². The second-order valence-corrected chi connectivity index (χ2v) is 7.95. The molecule has 122 valence electrons. The molecule has 0 radical (unpaired) electrons. The standard InChI is InChI=1S/C20H30O2/c1-15-3-5-16(6-4-15)17-7-8-19(12-21)18(11-17)9-10-20(2)13-22-14-20/h7-8,11,15-16,21H,3-6,9-10,12-14H2,1-2H3. The average molecular weight is 302 g/mol. The first kappa shape index (κ1) is 16.0. The third-order valence-corrected chi connectivity index (χ3v) is 5.79. The van der Waals surface area contributed by atoms with Crippen molar-refractivity contribution in [2.24, 2.45) is 11.3 Å². The molecular formula is C20H30O2. The number of hydrogen-bond donors (Lipinski definition) is 1. The van der Waals surface area contributed by atoms with E-state index in [1.807, 2.05) is 0 Å². The van der Waals surface area contributed by atoms with Gasteiger partial charge in [0.05, 0.1) is 19.8 Å². The number of rotatable bonds is 5. The van der Waals surface area contributed by atoms with Gasteiger partial charge in [-0.3, -0.25) is 0 Å². The van der Waals surface area contributed by atoms with Crippen molar-refractivity contribution >= 4 is 0 Å². The molecule has 3 rings (SSSR count). The molecule has 1 saturated heterocycles. The Balaban J connectivity index is 1.71. The molecule has 0 amide bonds. The van der Waals surface area contributed by atoms with Crippen LogP contribution in [0.4, 0.5) is 0 Å². The molecule has 2 fully saturated rings. The number of benzene rings is 1. The molecule has 2 heteroatoms. The van der Waals surface area contributed by atoms with Crippen molar-refractivity contribution in [3.63, 3.8) is 0 Å². The summed E-state index contributed by atoms with van der Waals surface area (Å²) in [5.74, 6) is 1.62. The molecule has 0 atom stereocenters. The fraction of sp³-hybridized carbons (Fsp3) is 0.700. The fourth-order valence-corrected chi connectivity index (χ4v) is 3.91. The van der Waals surface area contributed by atoms with Crippen LogP contribution in [-0.4, -0.2) is 18.3 Å². The molecule has 1 aromatic rings. The summed E-state index contributed by atoms with van der Waals surface area (Å²) < 4.78 is 5.36. The summed E-state index contributed by atoms with van der Waals surface area (Å²) >= 11 is 0. The number of aryl methyl sites for hydroxylation is 1. The molecule has 1 aromatic carbocycles. The molecule has 1 saturated carbocycles. The maximum atomic E-state index is 9.63.